The van der Waals surface area contributed by atoms with Gasteiger partial charge in [0.2, 0.25) is 0 Å². The Balaban J connectivity index is 1.54. The Bertz CT molecular complexity index is 534. The quantitative estimate of drug-likeness (QED) is 0.779. The summed E-state index contributed by atoms with van der Waals surface area (Å²) in [6, 6.07) is 3.78. The second-order valence-electron chi connectivity index (χ2n) is 6.34. The topological polar surface area (TPSA) is 83.8 Å². The standard InChI is InChI=1S/C17H25N3O4/c21-16(17(22)19-13-4-1-2-5-13)18-12-14(15-6-3-9-24-15)20-7-10-23-11-8-20/h3,6,9,13-14H,1-2,4-5,7-8,10-12H2,(H,18,21)(H,19,22)/t14-/m0/s1. The van der Waals surface area contributed by atoms with Crippen LogP contribution in [0.4, 0.5) is 0 Å². The molecule has 0 radical (unpaired) electrons. The summed E-state index contributed by atoms with van der Waals surface area (Å²) < 4.78 is 10.9. The van der Waals surface area contributed by atoms with E-state index in [9.17, 15) is 9.59 Å². The van der Waals surface area contributed by atoms with Gasteiger partial charge in [-0.2, -0.15) is 0 Å². The summed E-state index contributed by atoms with van der Waals surface area (Å²) in [6.07, 6.45) is 5.77. The molecule has 24 heavy (non-hydrogen) atoms. The number of amides is 2. The summed E-state index contributed by atoms with van der Waals surface area (Å²) in [5.41, 5.74) is 0. The first-order valence-corrected chi connectivity index (χ1v) is 8.68. The second-order valence-corrected chi connectivity index (χ2v) is 6.34. The van der Waals surface area contributed by atoms with Gasteiger partial charge in [0.15, 0.2) is 0 Å². The van der Waals surface area contributed by atoms with Crippen molar-refractivity contribution in [3.05, 3.63) is 24.2 Å². The van der Waals surface area contributed by atoms with Gasteiger partial charge in [0.25, 0.3) is 0 Å². The van der Waals surface area contributed by atoms with Crippen LogP contribution in [0.3, 0.4) is 0 Å². The Morgan fingerprint density at radius 1 is 1.21 bits per heavy atom. The van der Waals surface area contributed by atoms with E-state index in [1.54, 1.807) is 6.26 Å². The molecule has 132 valence electrons. The highest BCUT2D eigenvalue weighted by Crippen LogP contribution is 2.21. The maximum Gasteiger partial charge on any atom is 0.309 e. The molecule has 1 atom stereocenters. The summed E-state index contributed by atoms with van der Waals surface area (Å²) in [6.45, 7) is 3.20. The first kappa shape index (κ1) is 17.0. The van der Waals surface area contributed by atoms with E-state index >= 15 is 0 Å². The highest BCUT2D eigenvalue weighted by Gasteiger charge is 2.27. The maximum atomic E-state index is 12.1. The molecule has 1 aliphatic carbocycles. The predicted octanol–water partition coefficient (Wildman–Crippen LogP) is 0.828. The van der Waals surface area contributed by atoms with Crippen molar-refractivity contribution in [2.24, 2.45) is 0 Å². The van der Waals surface area contributed by atoms with E-state index in [0.717, 1.165) is 44.5 Å². The Morgan fingerprint density at radius 2 is 1.96 bits per heavy atom. The minimum atomic E-state index is -0.577. The molecule has 3 rings (SSSR count). The van der Waals surface area contributed by atoms with Crippen LogP contribution in [0.15, 0.2) is 22.8 Å². The van der Waals surface area contributed by atoms with Gasteiger partial charge in [-0.05, 0) is 25.0 Å². The van der Waals surface area contributed by atoms with Gasteiger partial charge in [-0.3, -0.25) is 14.5 Å². The largest absolute Gasteiger partial charge is 0.468 e. The van der Waals surface area contributed by atoms with Crippen molar-refractivity contribution < 1.29 is 18.7 Å². The lowest BCUT2D eigenvalue weighted by Gasteiger charge is -2.33. The lowest BCUT2D eigenvalue weighted by atomic mass is 10.1. The number of rotatable bonds is 5. The molecule has 1 aromatic heterocycles. The van der Waals surface area contributed by atoms with E-state index in [1.807, 2.05) is 12.1 Å². The van der Waals surface area contributed by atoms with E-state index in [0.29, 0.717) is 19.8 Å². The first-order chi connectivity index (χ1) is 11.7. The van der Waals surface area contributed by atoms with Crippen LogP contribution in [-0.4, -0.2) is 55.6 Å². The number of carbonyl (C=O) groups is 2. The lowest BCUT2D eigenvalue weighted by molar-refractivity contribution is -0.139. The normalized spacial score (nSPS) is 20.7. The van der Waals surface area contributed by atoms with Crippen LogP contribution in [0.2, 0.25) is 0 Å². The van der Waals surface area contributed by atoms with Gasteiger partial charge >= 0.3 is 11.8 Å². The molecule has 0 unspecified atom stereocenters. The van der Waals surface area contributed by atoms with Gasteiger partial charge in [0.05, 0.1) is 25.5 Å². The monoisotopic (exact) mass is 335 g/mol. The van der Waals surface area contributed by atoms with Crippen molar-refractivity contribution in [1.82, 2.24) is 15.5 Å². The number of ether oxygens (including phenoxy) is 1. The van der Waals surface area contributed by atoms with E-state index in [2.05, 4.69) is 15.5 Å². The van der Waals surface area contributed by atoms with Crippen LogP contribution in [0.25, 0.3) is 0 Å². The molecule has 0 bridgehead atoms. The third kappa shape index (κ3) is 4.36. The van der Waals surface area contributed by atoms with Crippen molar-refractivity contribution in [3.8, 4) is 0 Å². The van der Waals surface area contributed by atoms with Gasteiger partial charge in [-0.25, -0.2) is 0 Å². The molecular formula is C17H25N3O4. The molecule has 2 amide bonds. The fourth-order valence-corrected chi connectivity index (χ4v) is 3.37. The zero-order valence-electron chi connectivity index (χ0n) is 13.8. The molecule has 7 heteroatoms. The molecule has 0 aromatic carbocycles. The third-order valence-corrected chi connectivity index (χ3v) is 4.71. The molecule has 1 aromatic rings. The number of furan rings is 1. The Labute approximate surface area is 141 Å². The molecule has 1 saturated carbocycles. The van der Waals surface area contributed by atoms with Gasteiger partial charge in [-0.1, -0.05) is 12.8 Å². The Hall–Kier alpha value is -1.86. The van der Waals surface area contributed by atoms with Crippen molar-refractivity contribution in [2.75, 3.05) is 32.8 Å². The zero-order chi connectivity index (χ0) is 16.8. The number of morpholine rings is 1. The average Bonchev–Trinajstić information content (AvgIpc) is 3.30. The average molecular weight is 335 g/mol. The fourth-order valence-electron chi connectivity index (χ4n) is 3.37. The summed E-state index contributed by atoms with van der Waals surface area (Å²) >= 11 is 0. The van der Waals surface area contributed by atoms with Crippen LogP contribution >= 0.6 is 0 Å². The maximum absolute atomic E-state index is 12.1. The van der Waals surface area contributed by atoms with Gasteiger partial charge in [0.1, 0.15) is 5.76 Å². The number of hydrogen-bond donors (Lipinski definition) is 2. The number of carbonyl (C=O) groups excluding carboxylic acids is 2. The molecule has 0 spiro atoms. The Morgan fingerprint density at radius 3 is 2.62 bits per heavy atom. The van der Waals surface area contributed by atoms with Gasteiger partial charge in [-0.15, -0.1) is 0 Å². The van der Waals surface area contributed by atoms with Crippen LogP contribution in [-0.2, 0) is 14.3 Å². The van der Waals surface area contributed by atoms with Crippen LogP contribution < -0.4 is 10.6 Å². The van der Waals surface area contributed by atoms with Gasteiger partial charge < -0.3 is 19.8 Å². The zero-order valence-corrected chi connectivity index (χ0v) is 13.8. The fraction of sp³-hybridized carbons (Fsp3) is 0.647. The smallest absolute Gasteiger partial charge is 0.309 e. The summed E-state index contributed by atoms with van der Waals surface area (Å²) in [5.74, 6) is -0.331. The number of hydrogen-bond acceptors (Lipinski definition) is 5. The molecule has 2 N–H and O–H groups in total. The summed E-state index contributed by atoms with van der Waals surface area (Å²) in [4.78, 5) is 26.3. The first-order valence-electron chi connectivity index (χ1n) is 8.68. The second kappa shape index (κ2) is 8.30. The molecule has 7 nitrogen and oxygen atoms in total. The van der Waals surface area contributed by atoms with Crippen LogP contribution in [0.5, 0.6) is 0 Å². The van der Waals surface area contributed by atoms with E-state index in [1.165, 1.54) is 0 Å². The highest BCUT2D eigenvalue weighted by molar-refractivity contribution is 6.35. The summed E-state index contributed by atoms with van der Waals surface area (Å²) in [7, 11) is 0. The minimum absolute atomic E-state index is 0.0906. The highest BCUT2D eigenvalue weighted by atomic mass is 16.5. The van der Waals surface area contributed by atoms with Crippen molar-refractivity contribution in [3.63, 3.8) is 0 Å². The lowest BCUT2D eigenvalue weighted by Crippen LogP contribution is -2.48. The van der Waals surface area contributed by atoms with Crippen LogP contribution in [0, 0.1) is 0 Å². The van der Waals surface area contributed by atoms with E-state index in [4.69, 9.17) is 9.15 Å². The number of nitrogens with zero attached hydrogens (tertiary/aromatic N) is 1. The number of nitrogens with one attached hydrogen (secondary N) is 2. The molecule has 1 aliphatic heterocycles. The molecule has 1 saturated heterocycles. The molecule has 2 fully saturated rings. The van der Waals surface area contributed by atoms with E-state index in [-0.39, 0.29) is 12.1 Å². The third-order valence-electron chi connectivity index (χ3n) is 4.71. The molecule has 2 heterocycles. The molecule has 2 aliphatic rings. The van der Waals surface area contributed by atoms with Crippen molar-refractivity contribution in [2.45, 2.75) is 37.8 Å². The summed E-state index contributed by atoms with van der Waals surface area (Å²) in [5, 5.41) is 5.56. The predicted molar refractivity (Wildman–Crippen MR) is 87.2 cm³/mol. The molecular weight excluding hydrogens is 310 g/mol. The minimum Gasteiger partial charge on any atom is -0.468 e. The van der Waals surface area contributed by atoms with Crippen molar-refractivity contribution >= 4 is 11.8 Å². The SMILES string of the molecule is O=C(NC[C@@H](c1ccco1)N1CCOCC1)C(=O)NC1CCCC1. The van der Waals surface area contributed by atoms with Gasteiger partial charge in [0, 0.05) is 25.7 Å². The van der Waals surface area contributed by atoms with E-state index < -0.39 is 11.8 Å². The van der Waals surface area contributed by atoms with Crippen LogP contribution in [0.1, 0.15) is 37.5 Å². The van der Waals surface area contributed by atoms with Crippen molar-refractivity contribution in [1.29, 1.82) is 0 Å². The Kier molecular flexibility index (Phi) is 5.87.